The Morgan fingerprint density at radius 2 is 1.74 bits per heavy atom. The Balaban J connectivity index is 2.21. The summed E-state index contributed by atoms with van der Waals surface area (Å²) in [6, 6.07) is 15.2. The molecule has 0 radical (unpaired) electrons. The lowest BCUT2D eigenvalue weighted by atomic mass is 10.1. The zero-order chi connectivity index (χ0) is 16.9. The molecule has 23 heavy (non-hydrogen) atoms. The van der Waals surface area contributed by atoms with Gasteiger partial charge in [0, 0.05) is 6.54 Å². The molecule has 0 aliphatic rings. The number of nitrogens with one attached hydrogen (secondary N) is 1. The van der Waals surface area contributed by atoms with E-state index in [1.165, 1.54) is 0 Å². The molecule has 0 atom stereocenters. The molecule has 2 aromatic rings. The van der Waals surface area contributed by atoms with Crippen molar-refractivity contribution in [1.29, 1.82) is 0 Å². The second-order valence-corrected chi connectivity index (χ2v) is 7.18. The van der Waals surface area contributed by atoms with Gasteiger partial charge in [-0.25, -0.2) is 13.1 Å². The summed E-state index contributed by atoms with van der Waals surface area (Å²) in [5.41, 5.74) is 3.54. The van der Waals surface area contributed by atoms with Crippen LogP contribution in [0.25, 0.3) is 5.57 Å². The highest BCUT2D eigenvalue weighted by Gasteiger charge is 2.18. The molecule has 2 rings (SSSR count). The van der Waals surface area contributed by atoms with Gasteiger partial charge in [0.25, 0.3) is 0 Å². The lowest BCUT2D eigenvalue weighted by Crippen LogP contribution is -2.26. The Morgan fingerprint density at radius 1 is 1.04 bits per heavy atom. The highest BCUT2D eigenvalue weighted by molar-refractivity contribution is 7.89. The van der Waals surface area contributed by atoms with Crippen molar-refractivity contribution in [3.63, 3.8) is 0 Å². The number of sulfonamides is 1. The van der Waals surface area contributed by atoms with Crippen molar-refractivity contribution in [2.75, 3.05) is 6.54 Å². The first-order chi connectivity index (χ1) is 11.0. The third kappa shape index (κ3) is 4.30. The number of benzene rings is 2. The van der Waals surface area contributed by atoms with E-state index in [-0.39, 0.29) is 6.54 Å². The van der Waals surface area contributed by atoms with Crippen LogP contribution in [-0.2, 0) is 22.9 Å². The van der Waals surface area contributed by atoms with Crippen molar-refractivity contribution in [3.05, 3.63) is 71.8 Å². The molecular formula is C19H23NO2S. The Kier molecular flexibility index (Phi) is 5.74. The summed E-state index contributed by atoms with van der Waals surface area (Å²) in [6.45, 7) is 8.15. The monoisotopic (exact) mass is 329 g/mol. The second kappa shape index (κ2) is 7.57. The predicted molar refractivity (Wildman–Crippen MR) is 95.9 cm³/mol. The van der Waals surface area contributed by atoms with Gasteiger partial charge in [-0.1, -0.05) is 62.9 Å². The van der Waals surface area contributed by atoms with Crippen LogP contribution in [0.4, 0.5) is 0 Å². The van der Waals surface area contributed by atoms with E-state index in [0.29, 0.717) is 11.3 Å². The number of hydrogen-bond donors (Lipinski definition) is 1. The van der Waals surface area contributed by atoms with E-state index < -0.39 is 10.0 Å². The number of hydrogen-bond acceptors (Lipinski definition) is 2. The van der Waals surface area contributed by atoms with Gasteiger partial charge in [-0.05, 0) is 41.2 Å². The Hall–Kier alpha value is -1.91. The van der Waals surface area contributed by atoms with Crippen molar-refractivity contribution >= 4 is 15.6 Å². The summed E-state index contributed by atoms with van der Waals surface area (Å²) >= 11 is 0. The Labute approximate surface area is 139 Å². The molecule has 0 saturated carbocycles. The fourth-order valence-electron chi connectivity index (χ4n) is 2.40. The summed E-state index contributed by atoms with van der Waals surface area (Å²) in [4.78, 5) is 0.375. The quantitative estimate of drug-likeness (QED) is 0.840. The first-order valence-electron chi connectivity index (χ1n) is 7.82. The van der Waals surface area contributed by atoms with Gasteiger partial charge >= 0.3 is 0 Å². The fraction of sp³-hybridized carbons (Fsp3) is 0.263. The lowest BCUT2D eigenvalue weighted by Gasteiger charge is -2.13. The summed E-state index contributed by atoms with van der Waals surface area (Å²) in [7, 11) is -3.55. The maximum Gasteiger partial charge on any atom is 0.241 e. The first-order valence-corrected chi connectivity index (χ1v) is 9.31. The third-order valence-electron chi connectivity index (χ3n) is 3.87. The lowest BCUT2D eigenvalue weighted by molar-refractivity contribution is 0.584. The Morgan fingerprint density at radius 3 is 2.35 bits per heavy atom. The molecule has 0 unspecified atom stereocenters. The summed E-state index contributed by atoms with van der Waals surface area (Å²) in [5.74, 6) is 0. The van der Waals surface area contributed by atoms with Crippen LogP contribution in [0.3, 0.4) is 0 Å². The van der Waals surface area contributed by atoms with Crippen LogP contribution in [-0.4, -0.2) is 15.0 Å². The summed E-state index contributed by atoms with van der Waals surface area (Å²) in [6.07, 6.45) is 1.49. The van der Waals surface area contributed by atoms with Crippen LogP contribution in [0, 0.1) is 0 Å². The average molecular weight is 329 g/mol. The van der Waals surface area contributed by atoms with Gasteiger partial charge in [0.2, 0.25) is 10.0 Å². The normalized spacial score (nSPS) is 11.4. The van der Waals surface area contributed by atoms with Gasteiger partial charge in [-0.2, -0.15) is 0 Å². The molecule has 122 valence electrons. The van der Waals surface area contributed by atoms with E-state index in [4.69, 9.17) is 0 Å². The van der Waals surface area contributed by atoms with Gasteiger partial charge in [0.15, 0.2) is 0 Å². The van der Waals surface area contributed by atoms with Crippen LogP contribution in [0.1, 0.15) is 30.5 Å². The largest absolute Gasteiger partial charge is 0.241 e. The van der Waals surface area contributed by atoms with E-state index in [2.05, 4.69) is 11.3 Å². The van der Waals surface area contributed by atoms with E-state index >= 15 is 0 Å². The zero-order valence-corrected chi connectivity index (χ0v) is 14.5. The molecular weight excluding hydrogens is 306 g/mol. The first kappa shape index (κ1) is 17.4. The summed E-state index contributed by atoms with van der Waals surface area (Å²) < 4.78 is 28.0. The van der Waals surface area contributed by atoms with Crippen molar-refractivity contribution in [3.8, 4) is 0 Å². The van der Waals surface area contributed by atoms with E-state index in [0.717, 1.165) is 28.7 Å². The molecule has 0 fully saturated rings. The van der Waals surface area contributed by atoms with Crippen molar-refractivity contribution in [2.24, 2.45) is 0 Å². The van der Waals surface area contributed by atoms with Gasteiger partial charge in [0.1, 0.15) is 0 Å². The molecule has 0 aliphatic heterocycles. The smallest absolute Gasteiger partial charge is 0.207 e. The second-order valence-electron chi connectivity index (χ2n) is 5.44. The maximum atomic E-state index is 12.7. The molecule has 0 aliphatic carbocycles. The molecule has 1 N–H and O–H groups in total. The van der Waals surface area contributed by atoms with Crippen molar-refractivity contribution < 1.29 is 8.42 Å². The third-order valence-corrected chi connectivity index (χ3v) is 5.35. The summed E-state index contributed by atoms with van der Waals surface area (Å²) in [5, 5.41) is 0. The van der Waals surface area contributed by atoms with Crippen LogP contribution in [0.5, 0.6) is 0 Å². The van der Waals surface area contributed by atoms with Gasteiger partial charge in [-0.3, -0.25) is 0 Å². The van der Waals surface area contributed by atoms with Crippen LogP contribution < -0.4 is 4.72 Å². The molecule has 0 aromatic heterocycles. The van der Waals surface area contributed by atoms with E-state index in [9.17, 15) is 8.42 Å². The molecule has 0 amide bonds. The van der Waals surface area contributed by atoms with Crippen LogP contribution in [0.15, 0.2) is 60.0 Å². The minimum atomic E-state index is -3.55. The molecule has 2 aromatic carbocycles. The maximum absolute atomic E-state index is 12.7. The fourth-order valence-corrected chi connectivity index (χ4v) is 3.78. The molecule has 0 bridgehead atoms. The number of aryl methyl sites for hydroxylation is 2. The highest BCUT2D eigenvalue weighted by Crippen LogP contribution is 2.20. The average Bonchev–Trinajstić information content (AvgIpc) is 2.59. The van der Waals surface area contributed by atoms with Gasteiger partial charge < -0.3 is 0 Å². The molecule has 0 heterocycles. The van der Waals surface area contributed by atoms with Crippen molar-refractivity contribution in [2.45, 2.75) is 31.6 Å². The van der Waals surface area contributed by atoms with Crippen LogP contribution >= 0.6 is 0 Å². The minimum Gasteiger partial charge on any atom is -0.207 e. The molecule has 3 nitrogen and oxygen atoms in total. The standard InChI is InChI=1S/C19H23NO2S/c1-4-16-11-12-17(5-2)19(13-16)23(21,22)20-14-15(3)18-9-7-6-8-10-18/h6-13,20H,3-5,14H2,1-2H3. The van der Waals surface area contributed by atoms with Crippen molar-refractivity contribution in [1.82, 2.24) is 4.72 Å². The Bertz CT molecular complexity index is 780. The van der Waals surface area contributed by atoms with E-state index in [1.807, 2.05) is 56.3 Å². The molecule has 0 saturated heterocycles. The topological polar surface area (TPSA) is 46.2 Å². The minimum absolute atomic E-state index is 0.200. The molecule has 4 heteroatoms. The van der Waals surface area contributed by atoms with Gasteiger partial charge in [-0.15, -0.1) is 0 Å². The number of rotatable bonds is 7. The predicted octanol–water partition coefficient (Wildman–Crippen LogP) is 3.80. The zero-order valence-electron chi connectivity index (χ0n) is 13.7. The van der Waals surface area contributed by atoms with Crippen LogP contribution in [0.2, 0.25) is 0 Å². The molecule has 0 spiro atoms. The van der Waals surface area contributed by atoms with E-state index in [1.54, 1.807) is 6.07 Å². The SMILES string of the molecule is C=C(CNS(=O)(=O)c1cc(CC)ccc1CC)c1ccccc1. The van der Waals surface area contributed by atoms with Gasteiger partial charge in [0.05, 0.1) is 4.90 Å². The highest BCUT2D eigenvalue weighted by atomic mass is 32.2.